The number of urea groups is 1. The van der Waals surface area contributed by atoms with E-state index in [1.165, 1.54) is 0 Å². The second-order valence-corrected chi connectivity index (χ2v) is 9.60. The van der Waals surface area contributed by atoms with Crippen LogP contribution in [0.25, 0.3) is 0 Å². The number of nitrogens with two attached hydrogens (primary N) is 2. The SMILES string of the molecule is CCCC(C(N)=O)(N1CCN(Cc2csc(C)n2)C1=O)C(C)(N)CCC(C)C. The van der Waals surface area contributed by atoms with Crippen LogP contribution in [0.15, 0.2) is 5.38 Å². The summed E-state index contributed by atoms with van der Waals surface area (Å²) in [6, 6.07) is -0.181. The number of nitrogens with zero attached hydrogens (tertiary/aromatic N) is 3. The van der Waals surface area contributed by atoms with E-state index in [0.717, 1.165) is 17.1 Å². The standard InChI is InChI=1S/C20H35N5O2S/c1-6-8-20(17(21)26,19(5,22)9-7-14(2)3)25-11-10-24(18(25)27)12-16-13-28-15(4)23-16/h13-14H,6-12,22H2,1-5H3,(H2,21,26). The molecule has 1 saturated heterocycles. The lowest BCUT2D eigenvalue weighted by Gasteiger charge is -2.49. The summed E-state index contributed by atoms with van der Waals surface area (Å²) >= 11 is 1.57. The molecule has 158 valence electrons. The maximum Gasteiger partial charge on any atom is 0.321 e. The van der Waals surface area contributed by atoms with Crippen molar-refractivity contribution < 1.29 is 9.59 Å². The highest BCUT2D eigenvalue weighted by molar-refractivity contribution is 7.09. The first-order chi connectivity index (χ1) is 13.0. The molecule has 1 aliphatic heterocycles. The molecule has 7 nitrogen and oxygen atoms in total. The first-order valence-electron chi connectivity index (χ1n) is 10.1. The molecule has 2 unspecified atom stereocenters. The van der Waals surface area contributed by atoms with Crippen LogP contribution in [0.5, 0.6) is 0 Å². The van der Waals surface area contributed by atoms with Crippen LogP contribution in [0.2, 0.25) is 0 Å². The molecule has 1 aromatic heterocycles. The number of aryl methyl sites for hydroxylation is 1. The molecule has 8 heteroatoms. The van der Waals surface area contributed by atoms with Crippen molar-refractivity contribution in [1.29, 1.82) is 0 Å². The van der Waals surface area contributed by atoms with Crippen LogP contribution in [-0.4, -0.2) is 50.9 Å². The van der Waals surface area contributed by atoms with Gasteiger partial charge in [-0.1, -0.05) is 27.2 Å². The van der Waals surface area contributed by atoms with Gasteiger partial charge in [0.25, 0.3) is 0 Å². The van der Waals surface area contributed by atoms with Crippen LogP contribution in [-0.2, 0) is 11.3 Å². The summed E-state index contributed by atoms with van der Waals surface area (Å²) in [6.07, 6.45) is 2.67. The second kappa shape index (κ2) is 8.78. The van der Waals surface area contributed by atoms with E-state index in [1.807, 2.05) is 26.2 Å². The molecule has 28 heavy (non-hydrogen) atoms. The molecule has 1 aliphatic rings. The van der Waals surface area contributed by atoms with Gasteiger partial charge in [-0.15, -0.1) is 11.3 Å². The van der Waals surface area contributed by atoms with Gasteiger partial charge in [-0.3, -0.25) is 4.79 Å². The zero-order chi connectivity index (χ0) is 21.1. The normalized spacial score (nSPS) is 19.2. The number of amides is 3. The molecule has 0 bridgehead atoms. The first-order valence-corrected chi connectivity index (χ1v) is 11.0. The highest BCUT2D eigenvalue weighted by Gasteiger charge is 2.57. The molecule has 1 aromatic rings. The molecule has 3 amide bonds. The number of hydrogen-bond donors (Lipinski definition) is 2. The average Bonchev–Trinajstić information content (AvgIpc) is 3.17. The number of hydrogen-bond acceptors (Lipinski definition) is 5. The van der Waals surface area contributed by atoms with E-state index in [2.05, 4.69) is 18.8 Å². The number of aromatic nitrogens is 1. The van der Waals surface area contributed by atoms with Crippen molar-refractivity contribution in [3.63, 3.8) is 0 Å². The Balaban J connectivity index is 2.32. The Morgan fingerprint density at radius 1 is 1.36 bits per heavy atom. The van der Waals surface area contributed by atoms with Gasteiger partial charge in [0, 0.05) is 24.0 Å². The summed E-state index contributed by atoms with van der Waals surface area (Å²) in [5, 5.41) is 2.94. The average molecular weight is 410 g/mol. The van der Waals surface area contributed by atoms with Gasteiger partial charge in [-0.2, -0.15) is 0 Å². The fourth-order valence-electron chi connectivity index (χ4n) is 4.18. The Labute approximate surface area is 172 Å². The van der Waals surface area contributed by atoms with Crippen molar-refractivity contribution in [2.75, 3.05) is 13.1 Å². The van der Waals surface area contributed by atoms with Gasteiger partial charge in [-0.25, -0.2) is 9.78 Å². The minimum absolute atomic E-state index is 0.181. The van der Waals surface area contributed by atoms with E-state index in [0.29, 0.717) is 44.8 Å². The Morgan fingerprint density at radius 2 is 2.04 bits per heavy atom. The van der Waals surface area contributed by atoms with Crippen molar-refractivity contribution in [1.82, 2.24) is 14.8 Å². The van der Waals surface area contributed by atoms with Gasteiger partial charge < -0.3 is 21.3 Å². The summed E-state index contributed by atoms with van der Waals surface area (Å²) in [5.41, 5.74) is 11.5. The van der Waals surface area contributed by atoms with Gasteiger partial charge in [0.05, 0.1) is 17.2 Å². The zero-order valence-electron chi connectivity index (χ0n) is 17.8. The lowest BCUT2D eigenvalue weighted by atomic mass is 9.70. The summed E-state index contributed by atoms with van der Waals surface area (Å²) in [5.74, 6) is -0.0587. The minimum atomic E-state index is -1.19. The molecule has 0 spiro atoms. The van der Waals surface area contributed by atoms with Crippen molar-refractivity contribution in [2.24, 2.45) is 17.4 Å². The molecule has 0 aliphatic carbocycles. The van der Waals surface area contributed by atoms with Crippen LogP contribution in [0.4, 0.5) is 4.79 Å². The van der Waals surface area contributed by atoms with E-state index in [1.54, 1.807) is 21.1 Å². The lowest BCUT2D eigenvalue weighted by Crippen LogP contribution is -2.73. The molecule has 1 fully saturated rings. The first kappa shape index (κ1) is 22.6. The summed E-state index contributed by atoms with van der Waals surface area (Å²) in [7, 11) is 0. The zero-order valence-corrected chi connectivity index (χ0v) is 18.6. The van der Waals surface area contributed by atoms with Gasteiger partial charge in [0.1, 0.15) is 5.54 Å². The number of carbonyl (C=O) groups excluding carboxylic acids is 2. The Morgan fingerprint density at radius 3 is 2.54 bits per heavy atom. The Hall–Kier alpha value is -1.67. The Kier molecular flexibility index (Phi) is 7.09. The molecule has 0 radical (unpaired) electrons. The Bertz CT molecular complexity index is 703. The fourth-order valence-corrected chi connectivity index (χ4v) is 4.79. The quantitative estimate of drug-likeness (QED) is 0.620. The topological polar surface area (TPSA) is 106 Å². The molecule has 4 N–H and O–H groups in total. The van der Waals surface area contributed by atoms with E-state index in [9.17, 15) is 9.59 Å². The monoisotopic (exact) mass is 409 g/mol. The van der Waals surface area contributed by atoms with E-state index < -0.39 is 17.0 Å². The molecular weight excluding hydrogens is 374 g/mol. The largest absolute Gasteiger partial charge is 0.368 e. The lowest BCUT2D eigenvalue weighted by molar-refractivity contribution is -0.133. The third-order valence-corrected chi connectivity index (χ3v) is 6.60. The predicted molar refractivity (Wildman–Crippen MR) is 113 cm³/mol. The third kappa shape index (κ3) is 4.33. The highest BCUT2D eigenvalue weighted by Crippen LogP contribution is 2.38. The summed E-state index contributed by atoms with van der Waals surface area (Å²) in [6.45, 7) is 11.5. The second-order valence-electron chi connectivity index (χ2n) is 8.54. The van der Waals surface area contributed by atoms with Crippen molar-refractivity contribution in [3.05, 3.63) is 16.1 Å². The summed E-state index contributed by atoms with van der Waals surface area (Å²) < 4.78 is 0. The van der Waals surface area contributed by atoms with Gasteiger partial charge in [0.2, 0.25) is 5.91 Å². The smallest absolute Gasteiger partial charge is 0.321 e. The van der Waals surface area contributed by atoms with Gasteiger partial charge >= 0.3 is 6.03 Å². The summed E-state index contributed by atoms with van der Waals surface area (Å²) in [4.78, 5) is 33.9. The van der Waals surface area contributed by atoms with Crippen LogP contribution in [0.3, 0.4) is 0 Å². The number of carbonyl (C=O) groups is 2. The fraction of sp³-hybridized carbons (Fsp3) is 0.750. The van der Waals surface area contributed by atoms with Crippen molar-refractivity contribution in [2.45, 2.75) is 77.9 Å². The molecular formula is C20H35N5O2S. The van der Waals surface area contributed by atoms with Crippen LogP contribution < -0.4 is 11.5 Å². The van der Waals surface area contributed by atoms with Crippen molar-refractivity contribution in [3.8, 4) is 0 Å². The number of primary amides is 1. The number of thiazole rings is 1. The van der Waals surface area contributed by atoms with Crippen LogP contribution in [0, 0.1) is 12.8 Å². The van der Waals surface area contributed by atoms with Crippen molar-refractivity contribution >= 4 is 23.3 Å². The third-order valence-electron chi connectivity index (χ3n) is 5.78. The molecule has 0 saturated carbocycles. The molecule has 2 rings (SSSR count). The molecule has 0 aromatic carbocycles. The van der Waals surface area contributed by atoms with E-state index >= 15 is 0 Å². The van der Waals surface area contributed by atoms with E-state index in [4.69, 9.17) is 11.5 Å². The minimum Gasteiger partial charge on any atom is -0.368 e. The highest BCUT2D eigenvalue weighted by atomic mass is 32.1. The van der Waals surface area contributed by atoms with Crippen LogP contribution >= 0.6 is 11.3 Å². The van der Waals surface area contributed by atoms with E-state index in [-0.39, 0.29) is 6.03 Å². The predicted octanol–water partition coefficient (Wildman–Crippen LogP) is 2.87. The molecule has 2 heterocycles. The molecule has 2 atom stereocenters. The number of rotatable bonds is 10. The maximum atomic E-state index is 13.3. The van der Waals surface area contributed by atoms with Gasteiger partial charge in [0.15, 0.2) is 0 Å². The maximum absolute atomic E-state index is 13.3. The van der Waals surface area contributed by atoms with Crippen LogP contribution in [0.1, 0.15) is 64.1 Å². The van der Waals surface area contributed by atoms with Gasteiger partial charge in [-0.05, 0) is 39.0 Å².